The minimum absolute atomic E-state index is 0.145. The van der Waals surface area contributed by atoms with Crippen LogP contribution >= 0.6 is 23.2 Å². The Labute approximate surface area is 268 Å². The van der Waals surface area contributed by atoms with Crippen LogP contribution in [0, 0.1) is 6.92 Å². The summed E-state index contributed by atoms with van der Waals surface area (Å²) in [6.45, 7) is 9.56. The first kappa shape index (κ1) is 30.6. The second kappa shape index (κ2) is 12.9. The van der Waals surface area contributed by atoms with E-state index in [2.05, 4.69) is 41.2 Å². The van der Waals surface area contributed by atoms with Crippen molar-refractivity contribution in [3.05, 3.63) is 93.4 Å². The molecule has 6 rings (SSSR count). The molecule has 4 heterocycles. The fraction of sp³-hybridized carbons (Fsp3) is 0.382. The number of hydrogen-bond acceptors (Lipinski definition) is 6. The van der Waals surface area contributed by atoms with Gasteiger partial charge in [-0.05, 0) is 99.6 Å². The highest BCUT2D eigenvalue weighted by atomic mass is 35.5. The number of amides is 1. The number of likely N-dealkylation sites (tertiary alicyclic amines) is 1. The molecule has 1 amide bonds. The minimum Gasteiger partial charge on any atom is -0.394 e. The van der Waals surface area contributed by atoms with Gasteiger partial charge in [0.25, 0.3) is 5.91 Å². The van der Waals surface area contributed by atoms with Crippen molar-refractivity contribution in [1.29, 1.82) is 0 Å². The predicted molar refractivity (Wildman–Crippen MR) is 176 cm³/mol. The van der Waals surface area contributed by atoms with Gasteiger partial charge in [0, 0.05) is 42.1 Å². The van der Waals surface area contributed by atoms with Crippen molar-refractivity contribution in [3.63, 3.8) is 0 Å². The molecule has 2 aromatic heterocycles. The van der Waals surface area contributed by atoms with E-state index < -0.39 is 6.04 Å². The quantitative estimate of drug-likeness (QED) is 0.216. The summed E-state index contributed by atoms with van der Waals surface area (Å²) in [5.41, 5.74) is 5.84. The summed E-state index contributed by atoms with van der Waals surface area (Å²) in [7, 11) is 0. The smallest absolute Gasteiger partial charge is 0.271 e. The lowest BCUT2D eigenvalue weighted by Crippen LogP contribution is -2.43. The van der Waals surface area contributed by atoms with Gasteiger partial charge < -0.3 is 24.8 Å². The maximum atomic E-state index is 13.6. The molecule has 1 atom stereocenters. The van der Waals surface area contributed by atoms with E-state index in [1.807, 2.05) is 42.0 Å². The molecule has 0 unspecified atom stereocenters. The van der Waals surface area contributed by atoms with E-state index in [-0.39, 0.29) is 12.5 Å². The summed E-state index contributed by atoms with van der Waals surface area (Å²) < 4.78 is 1.95. The normalized spacial score (nSPS) is 16.8. The first-order chi connectivity index (χ1) is 21.2. The second-order valence-corrected chi connectivity index (χ2v) is 12.9. The molecule has 0 saturated carbocycles. The number of aromatic nitrogens is 3. The SMILES string of the molecule is Cc1cnc(Nc2ccc(C3CCN(C(C)C)CC3)cc2Cl)nc1-c1cc2n(c1)CCN([C@@H](CO)c1cccc(Cl)c1)C2=O. The lowest BCUT2D eigenvalue weighted by atomic mass is 9.89. The Morgan fingerprint density at radius 3 is 2.55 bits per heavy atom. The fourth-order valence-corrected chi connectivity index (χ4v) is 6.85. The molecule has 2 aromatic carbocycles. The van der Waals surface area contributed by atoms with Gasteiger partial charge in [-0.2, -0.15) is 0 Å². The average molecular weight is 634 g/mol. The van der Waals surface area contributed by atoms with Gasteiger partial charge in [-0.15, -0.1) is 0 Å². The topological polar surface area (TPSA) is 86.5 Å². The summed E-state index contributed by atoms with van der Waals surface area (Å²) in [5, 5.41) is 14.7. The zero-order valence-corrected chi connectivity index (χ0v) is 26.8. The summed E-state index contributed by atoms with van der Waals surface area (Å²) in [4.78, 5) is 27.2. The van der Waals surface area contributed by atoms with E-state index in [9.17, 15) is 9.90 Å². The van der Waals surface area contributed by atoms with Crippen LogP contribution in [0.2, 0.25) is 10.0 Å². The molecule has 0 bridgehead atoms. The van der Waals surface area contributed by atoms with E-state index in [1.165, 1.54) is 5.56 Å². The minimum atomic E-state index is -0.478. The van der Waals surface area contributed by atoms with Crippen molar-refractivity contribution < 1.29 is 9.90 Å². The molecule has 44 heavy (non-hydrogen) atoms. The van der Waals surface area contributed by atoms with Gasteiger partial charge in [-0.25, -0.2) is 9.97 Å². The van der Waals surface area contributed by atoms with Crippen LogP contribution in [0.4, 0.5) is 11.6 Å². The molecule has 10 heteroatoms. The molecule has 0 radical (unpaired) electrons. The van der Waals surface area contributed by atoms with Crippen LogP contribution in [0.3, 0.4) is 0 Å². The molecule has 0 spiro atoms. The van der Waals surface area contributed by atoms with E-state index in [0.29, 0.717) is 46.7 Å². The number of aliphatic hydroxyl groups excluding tert-OH is 1. The number of aryl methyl sites for hydroxylation is 1. The van der Waals surface area contributed by atoms with Gasteiger partial charge in [-0.1, -0.05) is 41.4 Å². The maximum Gasteiger partial charge on any atom is 0.271 e. The number of rotatable bonds is 8. The number of aliphatic hydroxyl groups is 1. The number of hydrogen-bond donors (Lipinski definition) is 2. The van der Waals surface area contributed by atoms with E-state index in [1.54, 1.807) is 23.2 Å². The molecule has 0 aliphatic carbocycles. The third kappa shape index (κ3) is 6.22. The van der Waals surface area contributed by atoms with Crippen molar-refractivity contribution >= 4 is 40.7 Å². The summed E-state index contributed by atoms with van der Waals surface area (Å²) in [6, 6.07) is 15.5. The molecular weight excluding hydrogens is 595 g/mol. The predicted octanol–water partition coefficient (Wildman–Crippen LogP) is 7.08. The molecule has 230 valence electrons. The number of anilines is 2. The Bertz CT molecular complexity index is 1660. The number of nitrogens with zero attached hydrogens (tertiary/aromatic N) is 5. The number of carbonyl (C=O) groups excluding carboxylic acids is 1. The largest absolute Gasteiger partial charge is 0.394 e. The van der Waals surface area contributed by atoms with Crippen molar-refractivity contribution in [2.24, 2.45) is 0 Å². The third-order valence-corrected chi connectivity index (χ3v) is 9.50. The average Bonchev–Trinajstić information content (AvgIpc) is 3.46. The molecule has 2 aliphatic rings. The lowest BCUT2D eigenvalue weighted by Gasteiger charge is -2.34. The zero-order chi connectivity index (χ0) is 31.0. The lowest BCUT2D eigenvalue weighted by molar-refractivity contribution is 0.0526. The fourth-order valence-electron chi connectivity index (χ4n) is 6.41. The number of benzene rings is 2. The van der Waals surface area contributed by atoms with E-state index in [0.717, 1.165) is 54.0 Å². The van der Waals surface area contributed by atoms with Crippen LogP contribution in [-0.4, -0.2) is 67.6 Å². The molecule has 4 aromatic rings. The first-order valence-corrected chi connectivity index (χ1v) is 16.0. The molecule has 2 aliphatic heterocycles. The van der Waals surface area contributed by atoms with Gasteiger partial charge in [0.1, 0.15) is 5.69 Å². The molecule has 1 saturated heterocycles. The van der Waals surface area contributed by atoms with Crippen LogP contribution < -0.4 is 5.32 Å². The Morgan fingerprint density at radius 2 is 1.84 bits per heavy atom. The molecule has 2 N–H and O–H groups in total. The Kier molecular flexibility index (Phi) is 8.96. The van der Waals surface area contributed by atoms with Crippen LogP contribution in [0.5, 0.6) is 0 Å². The van der Waals surface area contributed by atoms with E-state index >= 15 is 0 Å². The van der Waals surface area contributed by atoms with E-state index in [4.69, 9.17) is 28.2 Å². The highest BCUT2D eigenvalue weighted by molar-refractivity contribution is 6.33. The van der Waals surface area contributed by atoms with Gasteiger partial charge in [-0.3, -0.25) is 4.79 Å². The summed E-state index contributed by atoms with van der Waals surface area (Å²) in [5.74, 6) is 0.800. The number of carbonyl (C=O) groups is 1. The number of nitrogens with one attached hydrogen (secondary N) is 1. The van der Waals surface area contributed by atoms with Crippen LogP contribution in [0.1, 0.15) is 65.8 Å². The molecule has 8 nitrogen and oxygen atoms in total. The zero-order valence-electron chi connectivity index (χ0n) is 25.3. The number of fused-ring (bicyclic) bond motifs is 1. The van der Waals surface area contributed by atoms with Crippen molar-refractivity contribution in [2.45, 2.75) is 58.2 Å². The Morgan fingerprint density at radius 1 is 1.05 bits per heavy atom. The highest BCUT2D eigenvalue weighted by Gasteiger charge is 2.32. The standard InChI is InChI=1S/C34H38Cl2N6O2/c1-21(2)40-11-9-23(10-12-40)24-7-8-29(28(36)16-24)38-34-37-18-22(3)32(39-34)26-17-30-33(44)42(14-13-41(30)19-26)31(20-43)25-5-4-6-27(35)15-25/h4-8,15-19,21,23,31,43H,9-14,20H2,1-3H3,(H,37,38,39)/t31-/m0/s1. The number of halogens is 2. The number of piperidine rings is 1. The maximum absolute atomic E-state index is 13.6. The first-order valence-electron chi connectivity index (χ1n) is 15.2. The van der Waals surface area contributed by atoms with Crippen molar-refractivity contribution in [3.8, 4) is 11.3 Å². The van der Waals surface area contributed by atoms with Crippen molar-refractivity contribution in [1.82, 2.24) is 24.3 Å². The van der Waals surface area contributed by atoms with Crippen LogP contribution in [-0.2, 0) is 6.54 Å². The van der Waals surface area contributed by atoms with Gasteiger partial charge in [0.05, 0.1) is 29.1 Å². The third-order valence-electron chi connectivity index (χ3n) is 8.96. The summed E-state index contributed by atoms with van der Waals surface area (Å²) >= 11 is 13.0. The van der Waals surface area contributed by atoms with Gasteiger partial charge in [0.15, 0.2) is 0 Å². The monoisotopic (exact) mass is 632 g/mol. The Hall–Kier alpha value is -3.43. The van der Waals surface area contributed by atoms with Gasteiger partial charge in [0.2, 0.25) is 5.95 Å². The summed E-state index contributed by atoms with van der Waals surface area (Å²) in [6.07, 6.45) is 6.01. The highest BCUT2D eigenvalue weighted by Crippen LogP contribution is 2.35. The molecule has 1 fully saturated rings. The second-order valence-electron chi connectivity index (χ2n) is 12.1. The Balaban J connectivity index is 1.20. The van der Waals surface area contributed by atoms with Gasteiger partial charge >= 0.3 is 0 Å². The molecular formula is C34H38Cl2N6O2. The van der Waals surface area contributed by atoms with Crippen LogP contribution in [0.25, 0.3) is 11.3 Å². The van der Waals surface area contributed by atoms with Crippen LogP contribution in [0.15, 0.2) is 60.9 Å². The van der Waals surface area contributed by atoms with Crippen molar-refractivity contribution in [2.75, 3.05) is 31.6 Å².